The van der Waals surface area contributed by atoms with Gasteiger partial charge in [-0.25, -0.2) is 0 Å². The van der Waals surface area contributed by atoms with Crippen molar-refractivity contribution >= 4 is 0 Å². The van der Waals surface area contributed by atoms with Gasteiger partial charge in [0.2, 0.25) is 0 Å². The lowest BCUT2D eigenvalue weighted by atomic mass is 10.2. The summed E-state index contributed by atoms with van der Waals surface area (Å²) in [4.78, 5) is 1.98. The normalized spacial score (nSPS) is 36.3. The summed E-state index contributed by atoms with van der Waals surface area (Å²) in [5.41, 5.74) is 0. The van der Waals surface area contributed by atoms with Crippen molar-refractivity contribution < 1.29 is 9.84 Å². The second-order valence-electron chi connectivity index (χ2n) is 2.93. The van der Waals surface area contributed by atoms with E-state index < -0.39 is 0 Å². The topological polar surface area (TPSA) is 32.7 Å². The molecule has 1 fully saturated rings. The number of hydrogen-bond acceptors (Lipinski definition) is 3. The van der Waals surface area contributed by atoms with Gasteiger partial charge in [0.15, 0.2) is 0 Å². The van der Waals surface area contributed by atoms with E-state index in [4.69, 9.17) is 9.84 Å². The predicted molar refractivity (Wildman–Crippen MR) is 38.7 cm³/mol. The van der Waals surface area contributed by atoms with Crippen LogP contribution in [0.5, 0.6) is 0 Å². The monoisotopic (exact) mass is 145 g/mol. The summed E-state index contributed by atoms with van der Waals surface area (Å²) in [6.45, 7) is 5.90. The van der Waals surface area contributed by atoms with E-state index in [1.54, 1.807) is 0 Å². The summed E-state index contributed by atoms with van der Waals surface area (Å²) in [7, 11) is 0. The molecule has 0 radical (unpaired) electrons. The molecule has 3 nitrogen and oxygen atoms in total. The van der Waals surface area contributed by atoms with E-state index in [2.05, 4.69) is 0 Å². The third kappa shape index (κ3) is 1.94. The fourth-order valence-corrected chi connectivity index (χ4v) is 1.40. The van der Waals surface area contributed by atoms with E-state index in [1.165, 1.54) is 0 Å². The van der Waals surface area contributed by atoms with Gasteiger partial charge >= 0.3 is 0 Å². The van der Waals surface area contributed by atoms with Gasteiger partial charge in [-0.15, -0.1) is 0 Å². The van der Waals surface area contributed by atoms with Gasteiger partial charge < -0.3 is 9.84 Å². The van der Waals surface area contributed by atoms with Crippen LogP contribution in [0.15, 0.2) is 0 Å². The fraction of sp³-hybridized carbons (Fsp3) is 1.00. The van der Waals surface area contributed by atoms with Gasteiger partial charge in [0.1, 0.15) is 0 Å². The highest BCUT2D eigenvalue weighted by atomic mass is 16.5. The fourth-order valence-electron chi connectivity index (χ4n) is 1.40. The number of rotatable bonds is 1. The summed E-state index contributed by atoms with van der Waals surface area (Å²) in [6, 6.07) is 0. The van der Waals surface area contributed by atoms with Crippen molar-refractivity contribution in [3.63, 3.8) is 0 Å². The molecule has 3 heteroatoms. The molecule has 0 aliphatic carbocycles. The number of aliphatic hydroxyl groups excluding tert-OH is 1. The van der Waals surface area contributed by atoms with Crippen molar-refractivity contribution in [2.45, 2.75) is 26.1 Å². The van der Waals surface area contributed by atoms with Crippen LogP contribution >= 0.6 is 0 Å². The van der Waals surface area contributed by atoms with Crippen LogP contribution in [0.2, 0.25) is 0 Å². The Balaban J connectivity index is 2.35. The molecule has 1 aliphatic rings. The Morgan fingerprint density at radius 3 is 2.30 bits per heavy atom. The van der Waals surface area contributed by atoms with Gasteiger partial charge in [0.25, 0.3) is 0 Å². The molecule has 10 heavy (non-hydrogen) atoms. The molecule has 0 amide bonds. The molecular weight excluding hydrogens is 130 g/mol. The number of hydrogen-bond donors (Lipinski definition) is 1. The molecule has 0 aromatic heterocycles. The third-order valence-electron chi connectivity index (χ3n) is 1.70. The van der Waals surface area contributed by atoms with Crippen LogP contribution in [0.1, 0.15) is 13.8 Å². The molecule has 0 saturated carbocycles. The summed E-state index contributed by atoms with van der Waals surface area (Å²) in [5, 5.41) is 8.80. The standard InChI is InChI=1S/C7H15NO2/c1-6-3-8(5-9)4-7(2)10-6/h6-7,9H,3-5H2,1-2H3/t6-,7+. The molecule has 1 rings (SSSR count). The number of nitrogens with zero attached hydrogens (tertiary/aromatic N) is 1. The zero-order chi connectivity index (χ0) is 7.56. The lowest BCUT2D eigenvalue weighted by molar-refractivity contribution is -0.0882. The van der Waals surface area contributed by atoms with Crippen LogP contribution < -0.4 is 0 Å². The van der Waals surface area contributed by atoms with E-state index in [0.29, 0.717) is 0 Å². The van der Waals surface area contributed by atoms with Crippen molar-refractivity contribution in [3.8, 4) is 0 Å². The highest BCUT2D eigenvalue weighted by Crippen LogP contribution is 2.08. The van der Waals surface area contributed by atoms with Gasteiger partial charge in [-0.2, -0.15) is 0 Å². The Morgan fingerprint density at radius 1 is 1.40 bits per heavy atom. The molecule has 0 unspecified atom stereocenters. The largest absolute Gasteiger partial charge is 0.381 e. The average molecular weight is 145 g/mol. The summed E-state index contributed by atoms with van der Waals surface area (Å²) in [6.07, 6.45) is 0.520. The van der Waals surface area contributed by atoms with Crippen molar-refractivity contribution in [1.29, 1.82) is 0 Å². The second kappa shape index (κ2) is 3.32. The van der Waals surface area contributed by atoms with Crippen molar-refractivity contribution in [2.24, 2.45) is 0 Å². The molecule has 1 aliphatic heterocycles. The summed E-state index contributed by atoms with van der Waals surface area (Å²) >= 11 is 0. The van der Waals surface area contributed by atoms with Gasteiger partial charge in [-0.3, -0.25) is 4.90 Å². The van der Waals surface area contributed by atoms with Gasteiger partial charge in [-0.05, 0) is 13.8 Å². The number of aliphatic hydroxyl groups is 1. The van der Waals surface area contributed by atoms with Crippen LogP contribution in [0.25, 0.3) is 0 Å². The molecule has 1 N–H and O–H groups in total. The van der Waals surface area contributed by atoms with Crippen LogP contribution in [0.3, 0.4) is 0 Å². The van der Waals surface area contributed by atoms with E-state index in [-0.39, 0.29) is 18.9 Å². The third-order valence-corrected chi connectivity index (χ3v) is 1.70. The highest BCUT2D eigenvalue weighted by Gasteiger charge is 2.20. The number of morpholine rings is 1. The van der Waals surface area contributed by atoms with E-state index in [1.807, 2.05) is 18.7 Å². The molecule has 0 aromatic carbocycles. The molecule has 60 valence electrons. The van der Waals surface area contributed by atoms with E-state index in [0.717, 1.165) is 13.1 Å². The molecule has 1 saturated heterocycles. The van der Waals surface area contributed by atoms with Crippen LogP contribution in [0.4, 0.5) is 0 Å². The lowest BCUT2D eigenvalue weighted by Crippen LogP contribution is -2.45. The number of ether oxygens (including phenoxy) is 1. The minimum Gasteiger partial charge on any atom is -0.381 e. The first kappa shape index (κ1) is 7.98. The Kier molecular flexibility index (Phi) is 2.65. The quantitative estimate of drug-likeness (QED) is 0.565. The predicted octanol–water partition coefficient (Wildman–Crippen LogP) is 0.0454. The summed E-state index contributed by atoms with van der Waals surface area (Å²) < 4.78 is 5.47. The molecule has 0 bridgehead atoms. The van der Waals surface area contributed by atoms with Crippen molar-refractivity contribution in [1.82, 2.24) is 4.90 Å². The zero-order valence-corrected chi connectivity index (χ0v) is 6.58. The SMILES string of the molecule is C[C@@H]1CN(CO)C[C@H](C)O1. The Hall–Kier alpha value is -0.120. The maximum Gasteiger partial charge on any atom is 0.0958 e. The van der Waals surface area contributed by atoms with E-state index in [9.17, 15) is 0 Å². The minimum absolute atomic E-state index is 0.151. The highest BCUT2D eigenvalue weighted by molar-refractivity contribution is 4.70. The minimum atomic E-state index is 0.151. The molecular formula is C7H15NO2. The van der Waals surface area contributed by atoms with E-state index >= 15 is 0 Å². The Bertz CT molecular complexity index is 97.8. The first-order valence-electron chi connectivity index (χ1n) is 3.71. The van der Waals surface area contributed by atoms with Gasteiger partial charge in [-0.1, -0.05) is 0 Å². The zero-order valence-electron chi connectivity index (χ0n) is 6.58. The smallest absolute Gasteiger partial charge is 0.0958 e. The first-order chi connectivity index (χ1) is 4.72. The molecule has 0 spiro atoms. The maximum atomic E-state index is 8.80. The molecule has 0 aromatic rings. The lowest BCUT2D eigenvalue weighted by Gasteiger charge is -2.33. The van der Waals surface area contributed by atoms with Gasteiger partial charge in [0.05, 0.1) is 18.9 Å². The summed E-state index contributed by atoms with van der Waals surface area (Å²) in [5.74, 6) is 0. The van der Waals surface area contributed by atoms with Crippen LogP contribution in [-0.4, -0.2) is 42.0 Å². The van der Waals surface area contributed by atoms with Crippen molar-refractivity contribution in [3.05, 3.63) is 0 Å². The van der Waals surface area contributed by atoms with Crippen molar-refractivity contribution in [2.75, 3.05) is 19.8 Å². The van der Waals surface area contributed by atoms with Crippen LogP contribution in [-0.2, 0) is 4.74 Å². The van der Waals surface area contributed by atoms with Gasteiger partial charge in [0, 0.05) is 13.1 Å². The maximum absolute atomic E-state index is 8.80. The van der Waals surface area contributed by atoms with Crippen LogP contribution in [0, 0.1) is 0 Å². The Morgan fingerprint density at radius 2 is 1.90 bits per heavy atom. The average Bonchev–Trinajstić information content (AvgIpc) is 1.85. The first-order valence-corrected chi connectivity index (χ1v) is 3.71. The molecule has 1 heterocycles. The Labute approximate surface area is 61.6 Å². The second-order valence-corrected chi connectivity index (χ2v) is 2.93. The molecule has 2 atom stereocenters.